The molecule has 3 rings (SSSR count). The lowest BCUT2D eigenvalue weighted by atomic mass is 9.83. The fourth-order valence-electron chi connectivity index (χ4n) is 3.43. The van der Waals surface area contributed by atoms with Crippen LogP contribution in [0.1, 0.15) is 23.1 Å². The van der Waals surface area contributed by atoms with Crippen LogP contribution < -0.4 is 15.8 Å². The second-order valence-electron chi connectivity index (χ2n) is 6.89. The summed E-state index contributed by atoms with van der Waals surface area (Å²) in [5.41, 5.74) is 8.01. The number of rotatable bonds is 10. The molecule has 0 fully saturated rings. The number of pyridine rings is 2. The van der Waals surface area contributed by atoms with Gasteiger partial charge in [-0.05, 0) is 72.4 Å². The van der Waals surface area contributed by atoms with Crippen LogP contribution in [0.5, 0.6) is 5.75 Å². The van der Waals surface area contributed by atoms with Crippen molar-refractivity contribution in [2.24, 2.45) is 5.73 Å². The second kappa shape index (κ2) is 9.80. The van der Waals surface area contributed by atoms with Crippen LogP contribution in [0, 0.1) is 0 Å². The second-order valence-corrected chi connectivity index (χ2v) is 6.89. The summed E-state index contributed by atoms with van der Waals surface area (Å²) in [5, 5.41) is 3.45. The van der Waals surface area contributed by atoms with Crippen LogP contribution in [-0.2, 0) is 23.2 Å². The monoisotopic (exact) mass is 390 g/mol. The third-order valence-electron chi connectivity index (χ3n) is 5.11. The van der Waals surface area contributed by atoms with Crippen molar-refractivity contribution in [3.63, 3.8) is 0 Å². The summed E-state index contributed by atoms with van der Waals surface area (Å²) < 4.78 is 5.37. The summed E-state index contributed by atoms with van der Waals surface area (Å²) in [6.45, 7) is 0.598. The van der Waals surface area contributed by atoms with Crippen molar-refractivity contribution in [3.05, 3.63) is 90.0 Å². The Kier molecular flexibility index (Phi) is 6.92. The minimum Gasteiger partial charge on any atom is -0.497 e. The number of nitrogens with two attached hydrogens (primary N) is 1. The van der Waals surface area contributed by atoms with Gasteiger partial charge >= 0.3 is 0 Å². The summed E-state index contributed by atoms with van der Waals surface area (Å²) in [5.74, 6) is 0.280. The first-order valence-corrected chi connectivity index (χ1v) is 9.61. The highest BCUT2D eigenvalue weighted by Gasteiger charge is 2.38. The third-order valence-corrected chi connectivity index (χ3v) is 5.11. The van der Waals surface area contributed by atoms with Gasteiger partial charge in [-0.1, -0.05) is 12.1 Å². The summed E-state index contributed by atoms with van der Waals surface area (Å²) in [6.07, 6.45) is 9.01. The van der Waals surface area contributed by atoms with E-state index in [1.165, 1.54) is 0 Å². The number of primary amides is 1. The Labute approximate surface area is 171 Å². The first-order chi connectivity index (χ1) is 14.1. The van der Waals surface area contributed by atoms with E-state index in [1.54, 1.807) is 31.9 Å². The summed E-state index contributed by atoms with van der Waals surface area (Å²) in [4.78, 5) is 20.9. The van der Waals surface area contributed by atoms with E-state index in [1.807, 2.05) is 48.5 Å². The number of methoxy groups -OCH3 is 1. The molecule has 0 aliphatic carbocycles. The quantitative estimate of drug-likeness (QED) is 0.555. The Morgan fingerprint density at radius 3 is 2.21 bits per heavy atom. The number of hydrogen-bond acceptors (Lipinski definition) is 5. The lowest BCUT2D eigenvalue weighted by Crippen LogP contribution is -2.53. The number of ether oxygens (including phenoxy) is 1. The smallest absolute Gasteiger partial charge is 0.242 e. The number of aryl methyl sites for hydroxylation is 1. The largest absolute Gasteiger partial charge is 0.497 e. The van der Waals surface area contributed by atoms with Crippen LogP contribution in [0.3, 0.4) is 0 Å². The highest BCUT2D eigenvalue weighted by molar-refractivity contribution is 5.86. The maximum Gasteiger partial charge on any atom is 0.242 e. The number of hydrogen-bond donors (Lipinski definition) is 2. The van der Waals surface area contributed by atoms with Crippen molar-refractivity contribution < 1.29 is 9.53 Å². The molecule has 1 amide bonds. The topological polar surface area (TPSA) is 90.1 Å². The van der Waals surface area contributed by atoms with Gasteiger partial charge in [-0.3, -0.25) is 20.1 Å². The number of nitrogens with one attached hydrogen (secondary N) is 1. The van der Waals surface area contributed by atoms with E-state index in [0.717, 1.165) is 23.1 Å². The van der Waals surface area contributed by atoms with E-state index in [9.17, 15) is 4.79 Å². The molecule has 2 heterocycles. The fourth-order valence-corrected chi connectivity index (χ4v) is 3.43. The first-order valence-electron chi connectivity index (χ1n) is 9.61. The van der Waals surface area contributed by atoms with Crippen LogP contribution in [-0.4, -0.2) is 29.5 Å². The Morgan fingerprint density at radius 1 is 1.00 bits per heavy atom. The molecular formula is C23H26N4O2. The molecule has 0 aliphatic heterocycles. The molecule has 1 aromatic carbocycles. The zero-order chi connectivity index (χ0) is 20.5. The van der Waals surface area contributed by atoms with Gasteiger partial charge in [0.05, 0.1) is 7.11 Å². The molecule has 0 spiro atoms. The maximum absolute atomic E-state index is 12.8. The summed E-state index contributed by atoms with van der Waals surface area (Å²) >= 11 is 0. The molecule has 3 N–H and O–H groups in total. The standard InChI is InChI=1S/C23H26N4O2/c1-29-21-4-2-3-20(17-21)23(22(24)28,11-5-18-6-12-25-13-7-18)27-16-10-19-8-14-26-15-9-19/h2-4,6-9,12-15,17,27H,5,10-11,16H2,1H3,(H2,24,28). The molecule has 1 unspecified atom stereocenters. The van der Waals surface area contributed by atoms with Crippen LogP contribution >= 0.6 is 0 Å². The minimum atomic E-state index is -1.01. The van der Waals surface area contributed by atoms with Gasteiger partial charge in [0.25, 0.3) is 0 Å². The molecular weight excluding hydrogens is 364 g/mol. The number of benzene rings is 1. The maximum atomic E-state index is 12.8. The predicted octanol–water partition coefficient (Wildman–Crippen LogP) is 2.63. The minimum absolute atomic E-state index is 0.408. The van der Waals surface area contributed by atoms with Gasteiger partial charge in [0.15, 0.2) is 0 Å². The van der Waals surface area contributed by atoms with E-state index in [4.69, 9.17) is 10.5 Å². The molecule has 0 aliphatic rings. The van der Waals surface area contributed by atoms with Crippen molar-refractivity contribution in [2.75, 3.05) is 13.7 Å². The lowest BCUT2D eigenvalue weighted by molar-refractivity contribution is -0.125. The Bertz CT molecular complexity index is 918. The number of carbonyl (C=O) groups excluding carboxylic acids is 1. The van der Waals surface area contributed by atoms with Gasteiger partial charge in [0.2, 0.25) is 5.91 Å². The molecule has 0 saturated carbocycles. The zero-order valence-corrected chi connectivity index (χ0v) is 16.5. The molecule has 0 bridgehead atoms. The molecule has 0 saturated heterocycles. The van der Waals surface area contributed by atoms with E-state index in [2.05, 4.69) is 15.3 Å². The van der Waals surface area contributed by atoms with Crippen molar-refractivity contribution in [1.29, 1.82) is 0 Å². The van der Waals surface area contributed by atoms with Gasteiger partial charge < -0.3 is 10.5 Å². The predicted molar refractivity (Wildman–Crippen MR) is 112 cm³/mol. The SMILES string of the molecule is COc1cccc(C(CCc2ccncc2)(NCCc2ccncc2)C(N)=O)c1. The third kappa shape index (κ3) is 5.18. The summed E-state index contributed by atoms with van der Waals surface area (Å²) in [7, 11) is 1.61. The van der Waals surface area contributed by atoms with Gasteiger partial charge in [-0.15, -0.1) is 0 Å². The zero-order valence-electron chi connectivity index (χ0n) is 16.5. The van der Waals surface area contributed by atoms with Crippen LogP contribution in [0.15, 0.2) is 73.3 Å². The number of carbonyl (C=O) groups is 1. The first kappa shape index (κ1) is 20.5. The van der Waals surface area contributed by atoms with E-state index >= 15 is 0 Å². The highest BCUT2D eigenvalue weighted by Crippen LogP contribution is 2.29. The average Bonchev–Trinajstić information content (AvgIpc) is 2.77. The molecule has 0 radical (unpaired) electrons. The summed E-state index contributed by atoms with van der Waals surface area (Å²) in [6, 6.07) is 15.4. The number of amides is 1. The van der Waals surface area contributed by atoms with Gasteiger partial charge in [0.1, 0.15) is 11.3 Å². The number of nitrogens with zero attached hydrogens (tertiary/aromatic N) is 2. The lowest BCUT2D eigenvalue weighted by Gasteiger charge is -2.33. The molecule has 1 atom stereocenters. The average molecular weight is 390 g/mol. The molecule has 6 nitrogen and oxygen atoms in total. The van der Waals surface area contributed by atoms with E-state index in [-0.39, 0.29) is 0 Å². The molecule has 6 heteroatoms. The van der Waals surface area contributed by atoms with E-state index < -0.39 is 11.4 Å². The molecule has 2 aromatic heterocycles. The van der Waals surface area contributed by atoms with Crippen LogP contribution in [0.2, 0.25) is 0 Å². The molecule has 150 valence electrons. The Morgan fingerprint density at radius 2 is 1.62 bits per heavy atom. The van der Waals surface area contributed by atoms with Crippen molar-refractivity contribution in [1.82, 2.24) is 15.3 Å². The number of aromatic nitrogens is 2. The van der Waals surface area contributed by atoms with Crippen molar-refractivity contribution in [3.8, 4) is 5.75 Å². The van der Waals surface area contributed by atoms with Crippen molar-refractivity contribution in [2.45, 2.75) is 24.8 Å². The van der Waals surface area contributed by atoms with Gasteiger partial charge in [-0.2, -0.15) is 0 Å². The Balaban J connectivity index is 1.87. The fraction of sp³-hybridized carbons (Fsp3) is 0.261. The van der Waals surface area contributed by atoms with Gasteiger partial charge in [-0.25, -0.2) is 0 Å². The normalized spacial score (nSPS) is 12.9. The van der Waals surface area contributed by atoms with E-state index in [0.29, 0.717) is 25.1 Å². The van der Waals surface area contributed by atoms with Gasteiger partial charge in [0, 0.05) is 31.3 Å². The van der Waals surface area contributed by atoms with Crippen LogP contribution in [0.4, 0.5) is 0 Å². The Hall–Kier alpha value is -3.25. The van der Waals surface area contributed by atoms with Crippen LogP contribution in [0.25, 0.3) is 0 Å². The molecule has 29 heavy (non-hydrogen) atoms. The van der Waals surface area contributed by atoms with Crippen molar-refractivity contribution >= 4 is 5.91 Å². The highest BCUT2D eigenvalue weighted by atomic mass is 16.5. The molecule has 3 aromatic rings.